The Bertz CT molecular complexity index is 139. The molecule has 56 valence electrons. The van der Waals surface area contributed by atoms with Gasteiger partial charge in [0.15, 0.2) is 6.10 Å². The molecule has 2 atom stereocenters. The van der Waals surface area contributed by atoms with Gasteiger partial charge in [-0.15, -0.1) is 0 Å². The lowest BCUT2D eigenvalue weighted by Gasteiger charge is -1.91. The van der Waals surface area contributed by atoms with E-state index in [0.717, 1.165) is 6.42 Å². The van der Waals surface area contributed by atoms with Crippen LogP contribution in [0.4, 0.5) is 0 Å². The lowest BCUT2D eigenvalue weighted by molar-refractivity contribution is 0.375. The van der Waals surface area contributed by atoms with Crippen molar-refractivity contribution in [3.8, 4) is 6.07 Å². The molecule has 1 rings (SSSR count). The topological polar surface area (TPSA) is 36.3 Å². The van der Waals surface area contributed by atoms with Crippen LogP contribution >= 0.6 is 0 Å². The average molecular weight is 139 g/mol. The van der Waals surface area contributed by atoms with Gasteiger partial charge in [-0.05, 0) is 6.42 Å². The van der Waals surface area contributed by atoms with Gasteiger partial charge in [-0.2, -0.15) is 5.26 Å². The Hall–Kier alpha value is -0.550. The summed E-state index contributed by atoms with van der Waals surface area (Å²) in [4.78, 5) is 0. The molecular formula is C8H13NO. The number of hydrogen-bond donors (Lipinski definition) is 0. The smallest absolute Gasteiger partial charge is 0.170 e. The van der Waals surface area contributed by atoms with Crippen LogP contribution in [0.5, 0.6) is 0 Å². The van der Waals surface area contributed by atoms with Crippen LogP contribution in [0.2, 0.25) is 0 Å². The van der Waals surface area contributed by atoms with E-state index in [9.17, 15) is 0 Å². The van der Waals surface area contributed by atoms with Gasteiger partial charge in [0, 0.05) is 0 Å². The minimum absolute atomic E-state index is 0.0724. The van der Waals surface area contributed by atoms with Crippen molar-refractivity contribution in [1.29, 1.82) is 5.26 Å². The van der Waals surface area contributed by atoms with E-state index in [1.165, 1.54) is 19.3 Å². The fourth-order valence-corrected chi connectivity index (χ4v) is 1.07. The van der Waals surface area contributed by atoms with Crippen molar-refractivity contribution < 1.29 is 4.74 Å². The third kappa shape index (κ3) is 2.00. The highest BCUT2D eigenvalue weighted by atomic mass is 16.6. The van der Waals surface area contributed by atoms with E-state index in [0.29, 0.717) is 0 Å². The number of rotatable bonds is 4. The van der Waals surface area contributed by atoms with Crippen LogP contribution in [0.25, 0.3) is 0 Å². The first-order valence-electron chi connectivity index (χ1n) is 3.93. The molecule has 0 radical (unpaired) electrons. The summed E-state index contributed by atoms with van der Waals surface area (Å²) in [7, 11) is 0. The predicted octanol–water partition coefficient (Wildman–Crippen LogP) is 1.86. The first-order chi connectivity index (χ1) is 4.88. The van der Waals surface area contributed by atoms with Crippen LogP contribution in [0, 0.1) is 11.3 Å². The third-order valence-electron chi connectivity index (χ3n) is 1.80. The van der Waals surface area contributed by atoms with Crippen LogP contribution in [0.1, 0.15) is 32.6 Å². The maximum absolute atomic E-state index is 8.36. The molecule has 0 amide bonds. The summed E-state index contributed by atoms with van der Waals surface area (Å²) in [6.07, 6.45) is 4.99. The van der Waals surface area contributed by atoms with Gasteiger partial charge in [-0.25, -0.2) is 0 Å². The summed E-state index contributed by atoms with van der Waals surface area (Å²) in [6, 6.07) is 2.09. The van der Waals surface area contributed by atoms with E-state index in [1.807, 2.05) is 0 Å². The molecule has 1 heterocycles. The zero-order chi connectivity index (χ0) is 7.40. The van der Waals surface area contributed by atoms with E-state index < -0.39 is 0 Å². The number of hydrogen-bond acceptors (Lipinski definition) is 2. The van der Waals surface area contributed by atoms with Crippen molar-refractivity contribution in [3.05, 3.63) is 0 Å². The van der Waals surface area contributed by atoms with Gasteiger partial charge >= 0.3 is 0 Å². The van der Waals surface area contributed by atoms with E-state index in [1.54, 1.807) is 0 Å². The fraction of sp³-hybridized carbons (Fsp3) is 0.875. The Kier molecular flexibility index (Phi) is 2.70. The SMILES string of the molecule is CCCCCC1OC1C#N. The molecule has 0 aliphatic carbocycles. The second-order valence-corrected chi connectivity index (χ2v) is 2.72. The maximum atomic E-state index is 8.36. The molecule has 2 unspecified atom stereocenters. The number of nitriles is 1. The van der Waals surface area contributed by atoms with Gasteiger partial charge in [0.05, 0.1) is 12.2 Å². The summed E-state index contributed by atoms with van der Waals surface area (Å²) in [5.74, 6) is 0. The standard InChI is InChI=1S/C8H13NO/c1-2-3-4-5-7-8(6-9)10-7/h7-8H,2-5H2,1H3. The molecule has 2 nitrogen and oxygen atoms in total. The molecule has 0 saturated carbocycles. The van der Waals surface area contributed by atoms with Crippen LogP contribution in [0.15, 0.2) is 0 Å². The predicted molar refractivity (Wildman–Crippen MR) is 38.4 cm³/mol. The highest BCUT2D eigenvalue weighted by molar-refractivity contribution is 5.01. The molecule has 0 N–H and O–H groups in total. The summed E-state index contributed by atoms with van der Waals surface area (Å²) in [5.41, 5.74) is 0. The first-order valence-corrected chi connectivity index (χ1v) is 3.93. The van der Waals surface area contributed by atoms with E-state index in [4.69, 9.17) is 10.00 Å². The minimum atomic E-state index is -0.0724. The molecule has 0 spiro atoms. The molecule has 1 aliphatic rings. The lowest BCUT2D eigenvalue weighted by atomic mass is 10.1. The maximum Gasteiger partial charge on any atom is 0.170 e. The summed E-state index contributed by atoms with van der Waals surface area (Å²) in [6.45, 7) is 2.18. The van der Waals surface area contributed by atoms with Gasteiger partial charge < -0.3 is 4.74 Å². The van der Waals surface area contributed by atoms with Gasteiger partial charge in [0.25, 0.3) is 0 Å². The largest absolute Gasteiger partial charge is 0.353 e. The van der Waals surface area contributed by atoms with Crippen molar-refractivity contribution in [1.82, 2.24) is 0 Å². The summed E-state index contributed by atoms with van der Waals surface area (Å²) >= 11 is 0. The highest BCUT2D eigenvalue weighted by Gasteiger charge is 2.37. The molecule has 10 heavy (non-hydrogen) atoms. The van der Waals surface area contributed by atoms with E-state index >= 15 is 0 Å². The number of unbranched alkanes of at least 4 members (excludes halogenated alkanes) is 2. The molecule has 0 aromatic carbocycles. The normalized spacial score (nSPS) is 29.6. The summed E-state index contributed by atoms with van der Waals surface area (Å²) < 4.78 is 5.05. The molecule has 2 heteroatoms. The van der Waals surface area contributed by atoms with Gasteiger partial charge in [-0.1, -0.05) is 26.2 Å². The Balaban J connectivity index is 1.93. The van der Waals surface area contributed by atoms with Crippen molar-refractivity contribution in [2.75, 3.05) is 0 Å². The van der Waals surface area contributed by atoms with E-state index in [-0.39, 0.29) is 12.2 Å². The molecule has 0 aromatic rings. The van der Waals surface area contributed by atoms with Crippen molar-refractivity contribution in [2.45, 2.75) is 44.8 Å². The quantitative estimate of drug-likeness (QED) is 0.440. The minimum Gasteiger partial charge on any atom is -0.353 e. The number of nitrogens with zero attached hydrogens (tertiary/aromatic N) is 1. The van der Waals surface area contributed by atoms with Crippen molar-refractivity contribution in [3.63, 3.8) is 0 Å². The Morgan fingerprint density at radius 1 is 1.50 bits per heavy atom. The highest BCUT2D eigenvalue weighted by Crippen LogP contribution is 2.26. The lowest BCUT2D eigenvalue weighted by Crippen LogP contribution is -1.89. The van der Waals surface area contributed by atoms with Crippen LogP contribution in [0.3, 0.4) is 0 Å². The monoisotopic (exact) mass is 139 g/mol. The van der Waals surface area contributed by atoms with Crippen LogP contribution < -0.4 is 0 Å². The van der Waals surface area contributed by atoms with Crippen LogP contribution in [-0.4, -0.2) is 12.2 Å². The number of epoxide rings is 1. The summed E-state index contributed by atoms with van der Waals surface area (Å²) in [5, 5.41) is 8.36. The second kappa shape index (κ2) is 3.58. The molecular weight excluding hydrogens is 126 g/mol. The Labute approximate surface area is 61.8 Å². The molecule has 0 aromatic heterocycles. The van der Waals surface area contributed by atoms with Gasteiger partial charge in [-0.3, -0.25) is 0 Å². The van der Waals surface area contributed by atoms with Gasteiger partial charge in [0.1, 0.15) is 0 Å². The van der Waals surface area contributed by atoms with Gasteiger partial charge in [0.2, 0.25) is 0 Å². The third-order valence-corrected chi connectivity index (χ3v) is 1.80. The molecule has 1 aliphatic heterocycles. The Morgan fingerprint density at radius 3 is 2.80 bits per heavy atom. The van der Waals surface area contributed by atoms with E-state index in [2.05, 4.69) is 13.0 Å². The van der Waals surface area contributed by atoms with Crippen molar-refractivity contribution >= 4 is 0 Å². The molecule has 0 bridgehead atoms. The molecule has 1 saturated heterocycles. The second-order valence-electron chi connectivity index (χ2n) is 2.72. The number of ether oxygens (including phenoxy) is 1. The Morgan fingerprint density at radius 2 is 2.30 bits per heavy atom. The van der Waals surface area contributed by atoms with Crippen LogP contribution in [-0.2, 0) is 4.74 Å². The first kappa shape index (κ1) is 7.56. The fourth-order valence-electron chi connectivity index (χ4n) is 1.07. The van der Waals surface area contributed by atoms with Crippen molar-refractivity contribution in [2.24, 2.45) is 0 Å². The zero-order valence-electron chi connectivity index (χ0n) is 6.34. The average Bonchev–Trinajstić information content (AvgIpc) is 2.68. The zero-order valence-corrected chi connectivity index (χ0v) is 6.34. The molecule has 1 fully saturated rings.